The van der Waals surface area contributed by atoms with Crippen molar-refractivity contribution < 1.29 is 9.18 Å². The first-order chi connectivity index (χ1) is 6.63. The van der Waals surface area contributed by atoms with Crippen molar-refractivity contribution in [3.05, 3.63) is 30.1 Å². The SMILES string of the molecule is CC(Sc1ccc(F)cc1)C(=O)NN. The maximum Gasteiger partial charge on any atom is 0.247 e. The van der Waals surface area contributed by atoms with Crippen LogP contribution in [0.5, 0.6) is 0 Å². The van der Waals surface area contributed by atoms with E-state index in [4.69, 9.17) is 5.84 Å². The van der Waals surface area contributed by atoms with Gasteiger partial charge in [0.25, 0.3) is 0 Å². The summed E-state index contributed by atoms with van der Waals surface area (Å²) in [5.74, 6) is 4.44. The van der Waals surface area contributed by atoms with Crippen LogP contribution in [0.25, 0.3) is 0 Å². The van der Waals surface area contributed by atoms with E-state index in [1.807, 2.05) is 0 Å². The van der Waals surface area contributed by atoms with E-state index in [2.05, 4.69) is 5.43 Å². The van der Waals surface area contributed by atoms with Gasteiger partial charge < -0.3 is 0 Å². The molecule has 0 saturated heterocycles. The number of hydrazine groups is 1. The van der Waals surface area contributed by atoms with Crippen LogP contribution in [0.1, 0.15) is 6.92 Å². The van der Waals surface area contributed by atoms with Gasteiger partial charge in [0.2, 0.25) is 5.91 Å². The average Bonchev–Trinajstić information content (AvgIpc) is 2.20. The molecule has 0 heterocycles. The van der Waals surface area contributed by atoms with Crippen molar-refractivity contribution >= 4 is 17.7 Å². The van der Waals surface area contributed by atoms with Crippen LogP contribution in [0.2, 0.25) is 0 Å². The van der Waals surface area contributed by atoms with Gasteiger partial charge in [-0.2, -0.15) is 0 Å². The fourth-order valence-corrected chi connectivity index (χ4v) is 1.76. The Hall–Kier alpha value is -1.07. The predicted octanol–water partition coefficient (Wildman–Crippen LogP) is 1.30. The van der Waals surface area contributed by atoms with Crippen LogP contribution < -0.4 is 11.3 Å². The van der Waals surface area contributed by atoms with Crippen molar-refractivity contribution in [2.24, 2.45) is 5.84 Å². The van der Waals surface area contributed by atoms with E-state index in [0.717, 1.165) is 4.90 Å². The third-order valence-corrected chi connectivity index (χ3v) is 2.75. The maximum absolute atomic E-state index is 12.5. The molecule has 1 unspecified atom stereocenters. The van der Waals surface area contributed by atoms with E-state index in [-0.39, 0.29) is 17.0 Å². The predicted molar refractivity (Wildman–Crippen MR) is 54.0 cm³/mol. The summed E-state index contributed by atoms with van der Waals surface area (Å²) < 4.78 is 12.5. The molecule has 1 atom stereocenters. The molecule has 14 heavy (non-hydrogen) atoms. The minimum absolute atomic E-state index is 0.251. The fourth-order valence-electron chi connectivity index (χ4n) is 0.888. The highest BCUT2D eigenvalue weighted by atomic mass is 32.2. The number of carbonyl (C=O) groups excluding carboxylic acids is 1. The van der Waals surface area contributed by atoms with Gasteiger partial charge in [0, 0.05) is 4.90 Å². The Labute approximate surface area is 85.8 Å². The van der Waals surface area contributed by atoms with E-state index in [9.17, 15) is 9.18 Å². The number of rotatable bonds is 3. The van der Waals surface area contributed by atoms with E-state index < -0.39 is 0 Å². The molecule has 0 radical (unpaired) electrons. The van der Waals surface area contributed by atoms with Gasteiger partial charge in [0.1, 0.15) is 5.82 Å². The molecule has 1 amide bonds. The Morgan fingerprint density at radius 3 is 2.57 bits per heavy atom. The van der Waals surface area contributed by atoms with Crippen LogP contribution in [0.4, 0.5) is 4.39 Å². The van der Waals surface area contributed by atoms with Gasteiger partial charge in [0.05, 0.1) is 5.25 Å². The molecule has 5 heteroatoms. The van der Waals surface area contributed by atoms with Crippen molar-refractivity contribution in [3.63, 3.8) is 0 Å². The molecule has 3 nitrogen and oxygen atoms in total. The lowest BCUT2D eigenvalue weighted by molar-refractivity contribution is -0.120. The third kappa shape index (κ3) is 3.01. The number of nitrogens with one attached hydrogen (secondary N) is 1. The second-order valence-electron chi connectivity index (χ2n) is 2.72. The Balaban J connectivity index is 2.60. The number of amides is 1. The molecule has 0 aromatic heterocycles. The van der Waals surface area contributed by atoms with Gasteiger partial charge in [-0.15, -0.1) is 11.8 Å². The Morgan fingerprint density at radius 2 is 2.07 bits per heavy atom. The van der Waals surface area contributed by atoms with Gasteiger partial charge >= 0.3 is 0 Å². The summed E-state index contributed by atoms with van der Waals surface area (Å²) in [7, 11) is 0. The smallest absolute Gasteiger partial charge is 0.247 e. The number of benzene rings is 1. The molecule has 3 N–H and O–H groups in total. The van der Waals surface area contributed by atoms with Gasteiger partial charge in [-0.25, -0.2) is 10.2 Å². The summed E-state index contributed by atoms with van der Waals surface area (Å²) in [5.41, 5.74) is 2.06. The summed E-state index contributed by atoms with van der Waals surface area (Å²) in [6, 6.07) is 5.96. The van der Waals surface area contributed by atoms with Crippen LogP contribution >= 0.6 is 11.8 Å². The molecule has 0 saturated carbocycles. The zero-order chi connectivity index (χ0) is 10.6. The average molecular weight is 214 g/mol. The van der Waals surface area contributed by atoms with E-state index in [1.54, 1.807) is 19.1 Å². The second kappa shape index (κ2) is 4.97. The summed E-state index contributed by atoms with van der Waals surface area (Å²) in [6.45, 7) is 1.73. The molecular formula is C9H11FN2OS. The number of hydrogen-bond acceptors (Lipinski definition) is 3. The quantitative estimate of drug-likeness (QED) is 0.345. The van der Waals surface area contributed by atoms with E-state index in [0.29, 0.717) is 0 Å². The molecule has 0 spiro atoms. The topological polar surface area (TPSA) is 55.1 Å². The van der Waals surface area contributed by atoms with Crippen molar-refractivity contribution in [3.8, 4) is 0 Å². The fraction of sp³-hybridized carbons (Fsp3) is 0.222. The first-order valence-electron chi connectivity index (χ1n) is 4.06. The Morgan fingerprint density at radius 1 is 1.50 bits per heavy atom. The molecule has 0 fully saturated rings. The highest BCUT2D eigenvalue weighted by Crippen LogP contribution is 2.22. The molecule has 1 rings (SSSR count). The van der Waals surface area contributed by atoms with Gasteiger partial charge in [-0.1, -0.05) is 0 Å². The van der Waals surface area contributed by atoms with Crippen molar-refractivity contribution in [1.29, 1.82) is 0 Å². The zero-order valence-electron chi connectivity index (χ0n) is 7.66. The molecule has 1 aromatic rings. The maximum atomic E-state index is 12.5. The van der Waals surface area contributed by atoms with Crippen molar-refractivity contribution in [2.75, 3.05) is 0 Å². The number of halogens is 1. The normalized spacial score (nSPS) is 12.2. The largest absolute Gasteiger partial charge is 0.293 e. The van der Waals surface area contributed by atoms with E-state index >= 15 is 0 Å². The lowest BCUT2D eigenvalue weighted by Crippen LogP contribution is -2.36. The van der Waals surface area contributed by atoms with Crippen LogP contribution in [-0.4, -0.2) is 11.2 Å². The van der Waals surface area contributed by atoms with Crippen LogP contribution in [0.3, 0.4) is 0 Å². The molecule has 76 valence electrons. The van der Waals surface area contributed by atoms with Crippen molar-refractivity contribution in [2.45, 2.75) is 17.1 Å². The Bertz CT molecular complexity index is 315. The molecule has 0 aliphatic rings. The van der Waals surface area contributed by atoms with Gasteiger partial charge in [-0.05, 0) is 31.2 Å². The van der Waals surface area contributed by atoms with Gasteiger partial charge in [0.15, 0.2) is 0 Å². The summed E-state index contributed by atoms with van der Waals surface area (Å²) >= 11 is 1.33. The van der Waals surface area contributed by atoms with Crippen molar-refractivity contribution in [1.82, 2.24) is 5.43 Å². The third-order valence-electron chi connectivity index (χ3n) is 1.64. The highest BCUT2D eigenvalue weighted by molar-refractivity contribution is 8.00. The molecular weight excluding hydrogens is 203 g/mol. The zero-order valence-corrected chi connectivity index (χ0v) is 8.48. The monoisotopic (exact) mass is 214 g/mol. The highest BCUT2D eigenvalue weighted by Gasteiger charge is 2.12. The molecule has 0 aliphatic carbocycles. The minimum atomic E-state index is -0.287. The number of hydrogen-bond donors (Lipinski definition) is 2. The first kappa shape index (κ1) is 11.0. The van der Waals surface area contributed by atoms with Gasteiger partial charge in [-0.3, -0.25) is 10.2 Å². The molecule has 0 bridgehead atoms. The summed E-state index contributed by atoms with van der Waals surface area (Å²) in [6.07, 6.45) is 0. The standard InChI is InChI=1S/C9H11FN2OS/c1-6(9(13)12-11)14-8-4-2-7(10)3-5-8/h2-6H,11H2,1H3,(H,12,13). The lowest BCUT2D eigenvalue weighted by Gasteiger charge is -2.08. The summed E-state index contributed by atoms with van der Waals surface area (Å²) in [5, 5.41) is -0.287. The minimum Gasteiger partial charge on any atom is -0.293 e. The Kier molecular flexibility index (Phi) is 3.91. The molecule has 1 aromatic carbocycles. The van der Waals surface area contributed by atoms with Crippen LogP contribution in [0, 0.1) is 5.82 Å². The number of carbonyl (C=O) groups is 1. The lowest BCUT2D eigenvalue weighted by atomic mass is 10.3. The summed E-state index contributed by atoms with van der Waals surface area (Å²) in [4.78, 5) is 11.9. The number of thioether (sulfide) groups is 1. The molecule has 0 aliphatic heterocycles. The first-order valence-corrected chi connectivity index (χ1v) is 4.94. The van der Waals surface area contributed by atoms with E-state index in [1.165, 1.54) is 23.9 Å². The second-order valence-corrected chi connectivity index (χ2v) is 4.14. The number of nitrogens with two attached hydrogens (primary N) is 1. The van der Waals surface area contributed by atoms with Crippen LogP contribution in [-0.2, 0) is 4.79 Å². The van der Waals surface area contributed by atoms with Crippen LogP contribution in [0.15, 0.2) is 29.2 Å².